The van der Waals surface area contributed by atoms with Gasteiger partial charge in [-0.3, -0.25) is 4.68 Å². The van der Waals surface area contributed by atoms with Crippen molar-refractivity contribution >= 4 is 17.7 Å². The lowest BCUT2D eigenvalue weighted by Gasteiger charge is -2.39. The highest BCUT2D eigenvalue weighted by Crippen LogP contribution is 2.33. The summed E-state index contributed by atoms with van der Waals surface area (Å²) >= 11 is 0. The van der Waals surface area contributed by atoms with E-state index in [1.165, 1.54) is 0 Å². The van der Waals surface area contributed by atoms with Crippen LogP contribution >= 0.6 is 0 Å². The Labute approximate surface area is 153 Å². The molecule has 0 radical (unpaired) electrons. The van der Waals surface area contributed by atoms with Crippen LogP contribution in [0, 0.1) is 0 Å². The molecule has 8 nitrogen and oxygen atoms in total. The van der Waals surface area contributed by atoms with Crippen LogP contribution in [-0.4, -0.2) is 51.0 Å². The number of hydrogen-bond acceptors (Lipinski definition) is 6. The number of aliphatic carboxylic acids is 1. The third kappa shape index (κ3) is 3.23. The summed E-state index contributed by atoms with van der Waals surface area (Å²) in [7, 11) is 1.81. The Hall–Kier alpha value is -2.64. The fourth-order valence-electron chi connectivity index (χ4n) is 3.22. The Balaban J connectivity index is 1.83. The second-order valence-electron chi connectivity index (χ2n) is 7.71. The molecular formula is C18H26N6O2. The van der Waals surface area contributed by atoms with Gasteiger partial charge in [-0.05, 0) is 12.1 Å². The molecule has 2 aromatic rings. The summed E-state index contributed by atoms with van der Waals surface area (Å²) in [6.07, 6.45) is 4.39. The number of carboxylic acid groups (broad SMARTS) is 1. The molecule has 0 saturated carbocycles. The molecule has 1 aliphatic heterocycles. The van der Waals surface area contributed by atoms with Gasteiger partial charge in [0, 0.05) is 50.8 Å². The molecule has 2 aromatic heterocycles. The van der Waals surface area contributed by atoms with Crippen LogP contribution in [-0.2, 0) is 15.7 Å². The van der Waals surface area contributed by atoms with Crippen molar-refractivity contribution in [1.82, 2.24) is 19.7 Å². The fourth-order valence-corrected chi connectivity index (χ4v) is 3.22. The molecule has 1 aliphatic rings. The topological polar surface area (TPSA) is 96.2 Å². The quantitative estimate of drug-likeness (QED) is 0.864. The monoisotopic (exact) mass is 358 g/mol. The van der Waals surface area contributed by atoms with Crippen LogP contribution in [0.25, 0.3) is 0 Å². The second kappa shape index (κ2) is 6.59. The van der Waals surface area contributed by atoms with Crippen LogP contribution < -0.4 is 10.2 Å². The Morgan fingerprint density at radius 2 is 1.96 bits per heavy atom. The van der Waals surface area contributed by atoms with E-state index in [1.54, 1.807) is 23.1 Å². The number of nitrogens with zero attached hydrogens (tertiary/aromatic N) is 5. The van der Waals surface area contributed by atoms with E-state index < -0.39 is 11.5 Å². The Bertz CT molecular complexity index is 787. The first-order valence-electron chi connectivity index (χ1n) is 8.82. The molecule has 1 saturated heterocycles. The van der Waals surface area contributed by atoms with Gasteiger partial charge in [0.15, 0.2) is 5.54 Å². The van der Waals surface area contributed by atoms with E-state index >= 15 is 0 Å². The van der Waals surface area contributed by atoms with E-state index in [1.807, 2.05) is 18.0 Å². The van der Waals surface area contributed by atoms with E-state index in [-0.39, 0.29) is 5.41 Å². The Morgan fingerprint density at radius 3 is 2.50 bits per heavy atom. The molecule has 3 rings (SSSR count). The summed E-state index contributed by atoms with van der Waals surface area (Å²) in [6.45, 7) is 7.33. The molecule has 2 N–H and O–H groups in total. The van der Waals surface area contributed by atoms with Gasteiger partial charge in [0.25, 0.3) is 0 Å². The number of nitrogens with one attached hydrogen (secondary N) is 1. The van der Waals surface area contributed by atoms with E-state index in [9.17, 15) is 9.90 Å². The minimum absolute atomic E-state index is 0.118. The average molecular weight is 358 g/mol. The maximum absolute atomic E-state index is 12.2. The maximum Gasteiger partial charge on any atom is 0.331 e. The van der Waals surface area contributed by atoms with E-state index in [4.69, 9.17) is 0 Å². The lowest BCUT2D eigenvalue weighted by molar-refractivity contribution is -0.149. The van der Waals surface area contributed by atoms with Gasteiger partial charge in [0.1, 0.15) is 5.82 Å². The molecule has 8 heteroatoms. The summed E-state index contributed by atoms with van der Waals surface area (Å²) in [6, 6.07) is 3.71. The molecule has 0 amide bonds. The van der Waals surface area contributed by atoms with Crippen LogP contribution in [0.15, 0.2) is 24.5 Å². The van der Waals surface area contributed by atoms with Gasteiger partial charge in [0.05, 0.1) is 5.69 Å². The molecule has 140 valence electrons. The fraction of sp³-hybridized carbons (Fsp3) is 0.556. The first kappa shape index (κ1) is 18.2. The zero-order valence-corrected chi connectivity index (χ0v) is 15.7. The highest BCUT2D eigenvalue weighted by molar-refractivity contribution is 5.77. The second-order valence-corrected chi connectivity index (χ2v) is 7.71. The number of carboxylic acids is 1. The zero-order valence-electron chi connectivity index (χ0n) is 15.7. The van der Waals surface area contributed by atoms with Crippen molar-refractivity contribution in [1.29, 1.82) is 0 Å². The van der Waals surface area contributed by atoms with Crippen molar-refractivity contribution in [2.24, 2.45) is 0 Å². The van der Waals surface area contributed by atoms with Gasteiger partial charge in [-0.2, -0.15) is 10.1 Å². The van der Waals surface area contributed by atoms with E-state index in [0.717, 1.165) is 11.5 Å². The van der Waals surface area contributed by atoms with E-state index in [2.05, 4.69) is 41.2 Å². The van der Waals surface area contributed by atoms with Gasteiger partial charge in [-0.1, -0.05) is 20.8 Å². The predicted molar refractivity (Wildman–Crippen MR) is 99.6 cm³/mol. The molecule has 0 aliphatic carbocycles. The third-order valence-electron chi connectivity index (χ3n) is 4.97. The largest absolute Gasteiger partial charge is 0.479 e. The molecule has 0 unspecified atom stereocenters. The smallest absolute Gasteiger partial charge is 0.331 e. The van der Waals surface area contributed by atoms with Gasteiger partial charge in [-0.25, -0.2) is 9.78 Å². The summed E-state index contributed by atoms with van der Waals surface area (Å²) in [5.41, 5.74) is -0.251. The number of aromatic nitrogens is 4. The minimum atomic E-state index is -1.03. The number of carbonyl (C=O) groups is 1. The molecule has 0 spiro atoms. The molecule has 3 heterocycles. The third-order valence-corrected chi connectivity index (χ3v) is 4.97. The number of anilines is 2. The number of piperidine rings is 1. The van der Waals surface area contributed by atoms with Crippen LogP contribution in [0.4, 0.5) is 11.8 Å². The molecule has 0 atom stereocenters. The highest BCUT2D eigenvalue weighted by Gasteiger charge is 2.45. The Kier molecular flexibility index (Phi) is 4.60. The number of rotatable bonds is 4. The van der Waals surface area contributed by atoms with Gasteiger partial charge in [0.2, 0.25) is 5.95 Å². The molecule has 0 aromatic carbocycles. The molecule has 1 fully saturated rings. The Morgan fingerprint density at radius 1 is 1.27 bits per heavy atom. The molecular weight excluding hydrogens is 332 g/mol. The van der Waals surface area contributed by atoms with Gasteiger partial charge < -0.3 is 15.3 Å². The standard InChI is InChI=1S/C18H26N6O2/c1-17(2,3)13-6-10-24(22-13)18(15(25)26)7-11-23(12-8-18)16-20-9-5-14(19-4)21-16/h5-6,9-10H,7-8,11-12H2,1-4H3,(H,25,26)(H,19,20,21). The van der Waals surface area contributed by atoms with Crippen LogP contribution in [0.2, 0.25) is 0 Å². The first-order valence-corrected chi connectivity index (χ1v) is 8.82. The number of hydrogen-bond donors (Lipinski definition) is 2. The lowest BCUT2D eigenvalue weighted by atomic mass is 9.88. The van der Waals surface area contributed by atoms with Crippen molar-refractivity contribution in [2.75, 3.05) is 30.4 Å². The van der Waals surface area contributed by atoms with Crippen molar-refractivity contribution < 1.29 is 9.90 Å². The summed E-state index contributed by atoms with van der Waals surface area (Å²) < 4.78 is 1.64. The lowest BCUT2D eigenvalue weighted by Crippen LogP contribution is -2.51. The van der Waals surface area contributed by atoms with Gasteiger partial charge in [-0.15, -0.1) is 0 Å². The predicted octanol–water partition coefficient (Wildman–Crippen LogP) is 2.09. The molecule has 0 bridgehead atoms. The highest BCUT2D eigenvalue weighted by atomic mass is 16.4. The summed E-state index contributed by atoms with van der Waals surface area (Å²) in [5, 5.41) is 17.6. The molecule has 26 heavy (non-hydrogen) atoms. The minimum Gasteiger partial charge on any atom is -0.479 e. The summed E-state index contributed by atoms with van der Waals surface area (Å²) in [4.78, 5) is 23.0. The van der Waals surface area contributed by atoms with Crippen molar-refractivity contribution in [3.8, 4) is 0 Å². The normalized spacial score (nSPS) is 17.2. The van der Waals surface area contributed by atoms with Crippen LogP contribution in [0.1, 0.15) is 39.3 Å². The van der Waals surface area contributed by atoms with Gasteiger partial charge >= 0.3 is 5.97 Å². The van der Waals surface area contributed by atoms with E-state index in [0.29, 0.717) is 31.9 Å². The van der Waals surface area contributed by atoms with Crippen molar-refractivity contribution in [3.63, 3.8) is 0 Å². The van der Waals surface area contributed by atoms with Crippen molar-refractivity contribution in [3.05, 3.63) is 30.2 Å². The first-order chi connectivity index (χ1) is 12.3. The van der Waals surface area contributed by atoms with Crippen molar-refractivity contribution in [2.45, 2.75) is 44.6 Å². The summed E-state index contributed by atoms with van der Waals surface area (Å²) in [5.74, 6) is 0.518. The SMILES string of the molecule is CNc1ccnc(N2CCC(C(=O)O)(n3ccc(C(C)(C)C)n3)CC2)n1. The van der Waals surface area contributed by atoms with Crippen LogP contribution in [0.5, 0.6) is 0 Å². The zero-order chi connectivity index (χ0) is 18.9. The van der Waals surface area contributed by atoms with Crippen LogP contribution in [0.3, 0.4) is 0 Å². The maximum atomic E-state index is 12.2. The average Bonchev–Trinajstić information content (AvgIpc) is 3.12.